The smallest absolute Gasteiger partial charge is 0.137 e. The van der Waals surface area contributed by atoms with Crippen LogP contribution in [0.15, 0.2) is 22.7 Å². The molecule has 0 aliphatic carbocycles. The van der Waals surface area contributed by atoms with Crippen molar-refractivity contribution in [2.45, 2.75) is 38.8 Å². The van der Waals surface area contributed by atoms with Crippen molar-refractivity contribution in [1.29, 1.82) is 0 Å². The Kier molecular flexibility index (Phi) is 6.26. The lowest BCUT2D eigenvalue weighted by atomic mass is 10.0. The molecular weight excluding hydrogens is 295 g/mol. The Labute approximate surface area is 117 Å². The molecule has 0 heterocycles. The van der Waals surface area contributed by atoms with Crippen molar-refractivity contribution < 1.29 is 4.39 Å². The summed E-state index contributed by atoms with van der Waals surface area (Å²) in [6.07, 6.45) is 2.28. The molecule has 1 rings (SSSR count). The van der Waals surface area contributed by atoms with Gasteiger partial charge < -0.3 is 5.73 Å². The number of benzene rings is 1. The molecule has 0 aliphatic rings. The second kappa shape index (κ2) is 7.22. The molecule has 2 nitrogen and oxygen atoms in total. The minimum atomic E-state index is -0.237. The first kappa shape index (κ1) is 15.6. The third-order valence-corrected chi connectivity index (χ3v) is 4.05. The summed E-state index contributed by atoms with van der Waals surface area (Å²) in [6.45, 7) is 4.91. The van der Waals surface area contributed by atoms with E-state index in [0.29, 0.717) is 17.1 Å². The Morgan fingerprint density at radius 1 is 1.44 bits per heavy atom. The lowest BCUT2D eigenvalue weighted by molar-refractivity contribution is 0.179. The standard InChI is InChI=1S/C14H22BrFN2/c1-4-5-10(2)18(3)14(9-17)11-6-7-13(16)12(15)8-11/h6-8,10,14H,4-5,9,17H2,1-3H3. The van der Waals surface area contributed by atoms with Crippen LogP contribution in [0.4, 0.5) is 4.39 Å². The Balaban J connectivity index is 2.91. The first-order valence-electron chi connectivity index (χ1n) is 6.38. The second-order valence-corrected chi connectivity index (χ2v) is 5.58. The van der Waals surface area contributed by atoms with Gasteiger partial charge in [0.25, 0.3) is 0 Å². The van der Waals surface area contributed by atoms with Crippen LogP contribution in [0.2, 0.25) is 0 Å². The Morgan fingerprint density at radius 3 is 2.61 bits per heavy atom. The highest BCUT2D eigenvalue weighted by Crippen LogP contribution is 2.26. The monoisotopic (exact) mass is 316 g/mol. The highest BCUT2D eigenvalue weighted by Gasteiger charge is 2.20. The van der Waals surface area contributed by atoms with Gasteiger partial charge in [-0.15, -0.1) is 0 Å². The van der Waals surface area contributed by atoms with E-state index in [2.05, 4.69) is 41.7 Å². The fourth-order valence-electron chi connectivity index (χ4n) is 2.19. The van der Waals surface area contributed by atoms with Gasteiger partial charge in [-0.25, -0.2) is 4.39 Å². The summed E-state index contributed by atoms with van der Waals surface area (Å²) in [5, 5.41) is 0. The first-order valence-corrected chi connectivity index (χ1v) is 7.17. The molecule has 1 aromatic carbocycles. The maximum absolute atomic E-state index is 13.3. The number of rotatable bonds is 6. The van der Waals surface area contributed by atoms with Crippen molar-refractivity contribution in [3.8, 4) is 0 Å². The van der Waals surface area contributed by atoms with Gasteiger partial charge in [0.2, 0.25) is 0 Å². The van der Waals surface area contributed by atoms with E-state index in [1.807, 2.05) is 12.1 Å². The van der Waals surface area contributed by atoms with Crippen LogP contribution in [0.3, 0.4) is 0 Å². The van der Waals surface area contributed by atoms with E-state index in [1.165, 1.54) is 6.07 Å². The van der Waals surface area contributed by atoms with Crippen LogP contribution in [0, 0.1) is 5.82 Å². The molecule has 18 heavy (non-hydrogen) atoms. The number of hydrogen-bond acceptors (Lipinski definition) is 2. The van der Waals surface area contributed by atoms with Crippen molar-refractivity contribution in [1.82, 2.24) is 4.90 Å². The molecule has 0 aliphatic heterocycles. The molecule has 0 saturated heterocycles. The summed E-state index contributed by atoms with van der Waals surface area (Å²) in [6, 6.07) is 5.71. The number of likely N-dealkylation sites (N-methyl/N-ethyl adjacent to an activating group) is 1. The zero-order valence-corrected chi connectivity index (χ0v) is 12.9. The molecule has 4 heteroatoms. The van der Waals surface area contributed by atoms with Crippen LogP contribution in [0.5, 0.6) is 0 Å². The summed E-state index contributed by atoms with van der Waals surface area (Å²) >= 11 is 3.23. The number of hydrogen-bond donors (Lipinski definition) is 1. The van der Waals surface area contributed by atoms with E-state index in [4.69, 9.17) is 5.73 Å². The molecule has 0 aromatic heterocycles. The van der Waals surface area contributed by atoms with Gasteiger partial charge in [0.05, 0.1) is 4.47 Å². The molecule has 0 amide bonds. The van der Waals surface area contributed by atoms with E-state index in [1.54, 1.807) is 0 Å². The molecule has 2 atom stereocenters. The Morgan fingerprint density at radius 2 is 2.11 bits per heavy atom. The third-order valence-electron chi connectivity index (χ3n) is 3.45. The number of halogens is 2. The van der Waals surface area contributed by atoms with Gasteiger partial charge in [0, 0.05) is 18.6 Å². The van der Waals surface area contributed by atoms with Gasteiger partial charge in [-0.1, -0.05) is 19.4 Å². The molecule has 0 bridgehead atoms. The molecule has 2 unspecified atom stereocenters. The molecule has 0 saturated carbocycles. The summed E-state index contributed by atoms with van der Waals surface area (Å²) in [5.74, 6) is -0.237. The lowest BCUT2D eigenvalue weighted by Crippen LogP contribution is -2.37. The quantitative estimate of drug-likeness (QED) is 0.867. The summed E-state index contributed by atoms with van der Waals surface area (Å²) in [5.41, 5.74) is 6.93. The van der Waals surface area contributed by atoms with Crippen molar-refractivity contribution in [2.75, 3.05) is 13.6 Å². The molecule has 0 radical (unpaired) electrons. The zero-order valence-electron chi connectivity index (χ0n) is 11.3. The highest BCUT2D eigenvalue weighted by molar-refractivity contribution is 9.10. The maximum atomic E-state index is 13.3. The Bertz CT molecular complexity index is 384. The molecule has 0 spiro atoms. The average Bonchev–Trinajstić information content (AvgIpc) is 2.34. The van der Waals surface area contributed by atoms with Crippen LogP contribution >= 0.6 is 15.9 Å². The Hall–Kier alpha value is -0.450. The minimum absolute atomic E-state index is 0.128. The SMILES string of the molecule is CCCC(C)N(C)C(CN)c1ccc(F)c(Br)c1. The highest BCUT2D eigenvalue weighted by atomic mass is 79.9. The van der Waals surface area contributed by atoms with Gasteiger partial charge in [0.15, 0.2) is 0 Å². The van der Waals surface area contributed by atoms with E-state index in [-0.39, 0.29) is 11.9 Å². The van der Waals surface area contributed by atoms with Gasteiger partial charge in [0.1, 0.15) is 5.82 Å². The van der Waals surface area contributed by atoms with Gasteiger partial charge >= 0.3 is 0 Å². The second-order valence-electron chi connectivity index (χ2n) is 4.73. The summed E-state index contributed by atoms with van der Waals surface area (Å²) in [4.78, 5) is 2.27. The van der Waals surface area contributed by atoms with Crippen LogP contribution in [-0.4, -0.2) is 24.5 Å². The summed E-state index contributed by atoms with van der Waals surface area (Å²) in [7, 11) is 2.08. The summed E-state index contributed by atoms with van der Waals surface area (Å²) < 4.78 is 13.8. The van der Waals surface area contributed by atoms with E-state index in [0.717, 1.165) is 18.4 Å². The minimum Gasteiger partial charge on any atom is -0.329 e. The lowest BCUT2D eigenvalue weighted by Gasteiger charge is -2.32. The number of nitrogens with two attached hydrogens (primary N) is 1. The van der Waals surface area contributed by atoms with Gasteiger partial charge in [-0.05, 0) is 54.0 Å². The normalized spacial score (nSPS) is 14.8. The van der Waals surface area contributed by atoms with Gasteiger partial charge in [-0.2, -0.15) is 0 Å². The maximum Gasteiger partial charge on any atom is 0.137 e. The average molecular weight is 317 g/mol. The fourth-order valence-corrected chi connectivity index (χ4v) is 2.58. The van der Waals surface area contributed by atoms with Crippen LogP contribution in [0.25, 0.3) is 0 Å². The van der Waals surface area contributed by atoms with Crippen molar-refractivity contribution in [3.63, 3.8) is 0 Å². The number of nitrogens with zero attached hydrogens (tertiary/aromatic N) is 1. The third kappa shape index (κ3) is 3.77. The molecule has 102 valence electrons. The van der Waals surface area contributed by atoms with Crippen LogP contribution in [-0.2, 0) is 0 Å². The van der Waals surface area contributed by atoms with Crippen LogP contribution < -0.4 is 5.73 Å². The van der Waals surface area contributed by atoms with Crippen molar-refractivity contribution in [2.24, 2.45) is 5.73 Å². The van der Waals surface area contributed by atoms with Crippen molar-refractivity contribution >= 4 is 15.9 Å². The van der Waals surface area contributed by atoms with Crippen molar-refractivity contribution in [3.05, 3.63) is 34.1 Å². The van der Waals surface area contributed by atoms with E-state index >= 15 is 0 Å². The van der Waals surface area contributed by atoms with Crippen LogP contribution in [0.1, 0.15) is 38.3 Å². The topological polar surface area (TPSA) is 29.3 Å². The zero-order chi connectivity index (χ0) is 13.7. The molecule has 0 fully saturated rings. The molecule has 2 N–H and O–H groups in total. The fraction of sp³-hybridized carbons (Fsp3) is 0.571. The molecular formula is C14H22BrFN2. The van der Waals surface area contributed by atoms with E-state index in [9.17, 15) is 4.39 Å². The largest absolute Gasteiger partial charge is 0.329 e. The molecule has 1 aromatic rings. The first-order chi connectivity index (χ1) is 8.51. The predicted molar refractivity (Wildman–Crippen MR) is 78.0 cm³/mol. The van der Waals surface area contributed by atoms with Gasteiger partial charge in [-0.3, -0.25) is 4.90 Å². The van der Waals surface area contributed by atoms with E-state index < -0.39 is 0 Å². The predicted octanol–water partition coefficient (Wildman–Crippen LogP) is 3.71.